The summed E-state index contributed by atoms with van der Waals surface area (Å²) in [4.78, 5) is 27.1. The van der Waals surface area contributed by atoms with Crippen LogP contribution in [-0.4, -0.2) is 26.8 Å². The molecule has 6 heteroatoms. The molecule has 13 heavy (non-hydrogen) atoms. The maximum Gasteiger partial charge on any atom is 0.312 e. The second kappa shape index (κ2) is 2.58. The van der Waals surface area contributed by atoms with Gasteiger partial charge in [-0.3, -0.25) is 4.79 Å². The Labute approximate surface area is 73.2 Å². The van der Waals surface area contributed by atoms with Crippen molar-refractivity contribution >= 4 is 11.2 Å². The maximum atomic E-state index is 11.6. The molecule has 0 aliphatic heterocycles. The molecule has 2 aromatic rings. The molecule has 6 nitrogen and oxygen atoms in total. The Hall–Kier alpha value is -1.85. The lowest BCUT2D eigenvalue weighted by atomic mass is 10.5. The molecular weight excluding hydrogens is 172 g/mol. The van der Waals surface area contributed by atoms with Gasteiger partial charge >= 0.3 is 5.56 Å². The van der Waals surface area contributed by atoms with Crippen molar-refractivity contribution in [3.63, 3.8) is 0 Å². The van der Waals surface area contributed by atoms with Crippen LogP contribution in [-0.2, 0) is 0 Å². The van der Waals surface area contributed by atoms with Crippen molar-refractivity contribution in [3.8, 4) is 0 Å². The van der Waals surface area contributed by atoms with Gasteiger partial charge in [-0.25, -0.2) is 9.97 Å². The van der Waals surface area contributed by atoms with Gasteiger partial charge in [-0.05, 0) is 6.92 Å². The largest absolute Gasteiger partial charge is 0.412 e. The number of nitrogens with zero attached hydrogens (tertiary/aromatic N) is 3. The zero-order chi connectivity index (χ0) is 9.42. The fourth-order valence-electron chi connectivity index (χ4n) is 1.19. The number of aryl methyl sites for hydroxylation is 1. The van der Waals surface area contributed by atoms with E-state index >= 15 is 0 Å². The molecule has 68 valence electrons. The maximum absolute atomic E-state index is 11.6. The Bertz CT molecular complexity index is 499. The van der Waals surface area contributed by atoms with Crippen LogP contribution in [0.3, 0.4) is 0 Å². The Morgan fingerprint density at radius 1 is 1.62 bits per heavy atom. The highest BCUT2D eigenvalue weighted by molar-refractivity contribution is 5.68. The number of hydrogen-bond donors (Lipinski definition) is 1. The van der Waals surface area contributed by atoms with Gasteiger partial charge in [0.25, 0.3) is 0 Å². The summed E-state index contributed by atoms with van der Waals surface area (Å²) in [5.74, 6) is 0.479. The molecule has 0 aliphatic rings. The van der Waals surface area contributed by atoms with Gasteiger partial charge in [0.15, 0.2) is 11.2 Å². The summed E-state index contributed by atoms with van der Waals surface area (Å²) in [5, 5.41) is 0. The van der Waals surface area contributed by atoms with Gasteiger partial charge < -0.3 is 9.82 Å². The minimum Gasteiger partial charge on any atom is -0.412 e. The van der Waals surface area contributed by atoms with Gasteiger partial charge in [0, 0.05) is 0 Å². The second-order valence-corrected chi connectivity index (χ2v) is 2.54. The molecule has 0 unspecified atom stereocenters. The third-order valence-electron chi connectivity index (χ3n) is 1.76. The van der Waals surface area contributed by atoms with Gasteiger partial charge in [0.2, 0.25) is 0 Å². The molecule has 0 amide bonds. The van der Waals surface area contributed by atoms with E-state index in [1.54, 1.807) is 6.92 Å². The number of hydrogen-bond acceptors (Lipinski definition) is 4. The minimum atomic E-state index is -0.275. The molecule has 2 rings (SSSR count). The number of fused-ring (bicyclic) bond motifs is 1. The molecule has 0 aromatic carbocycles. The van der Waals surface area contributed by atoms with E-state index in [0.717, 1.165) is 4.73 Å². The molecule has 0 bridgehead atoms. The van der Waals surface area contributed by atoms with E-state index in [2.05, 4.69) is 15.0 Å². The third kappa shape index (κ3) is 0.986. The predicted octanol–water partition coefficient (Wildman–Crippen LogP) is -0.514. The topological polar surface area (TPSA) is 72.8 Å². The van der Waals surface area contributed by atoms with E-state index in [1.165, 1.54) is 13.4 Å². The number of imidazole rings is 1. The molecule has 0 aliphatic carbocycles. The molecule has 2 heterocycles. The van der Waals surface area contributed by atoms with Crippen molar-refractivity contribution in [1.82, 2.24) is 19.7 Å². The van der Waals surface area contributed by atoms with Gasteiger partial charge in [-0.1, -0.05) is 0 Å². The van der Waals surface area contributed by atoms with Crippen molar-refractivity contribution in [1.29, 1.82) is 0 Å². The number of rotatable bonds is 1. The van der Waals surface area contributed by atoms with Crippen LogP contribution in [0.2, 0.25) is 0 Å². The molecular formula is C7H8N4O2. The molecule has 0 saturated heterocycles. The fourth-order valence-corrected chi connectivity index (χ4v) is 1.19. The quantitative estimate of drug-likeness (QED) is 0.641. The van der Waals surface area contributed by atoms with Crippen LogP contribution in [0, 0.1) is 6.92 Å². The van der Waals surface area contributed by atoms with E-state index in [1.807, 2.05) is 0 Å². The van der Waals surface area contributed by atoms with Gasteiger partial charge in [-0.2, -0.15) is 0 Å². The molecule has 0 spiro atoms. The van der Waals surface area contributed by atoms with Crippen LogP contribution in [0.1, 0.15) is 5.82 Å². The monoisotopic (exact) mass is 180 g/mol. The normalized spacial score (nSPS) is 10.6. The highest BCUT2D eigenvalue weighted by Gasteiger charge is 2.08. The van der Waals surface area contributed by atoms with Gasteiger partial charge in [0.1, 0.15) is 12.9 Å². The smallest absolute Gasteiger partial charge is 0.312 e. The fraction of sp³-hybridized carbons (Fsp3) is 0.286. The molecule has 0 radical (unpaired) electrons. The first-order valence-electron chi connectivity index (χ1n) is 3.71. The van der Waals surface area contributed by atoms with Crippen molar-refractivity contribution in [3.05, 3.63) is 22.5 Å². The standard InChI is InChI=1S/C7H8N4O2/c1-4-10-6-5(8-3-9-6)7(12)11(4)13-2/h3H,1-2H3,(H,8,9). The summed E-state index contributed by atoms with van der Waals surface area (Å²) in [6, 6.07) is 0. The van der Waals surface area contributed by atoms with E-state index in [4.69, 9.17) is 4.84 Å². The summed E-state index contributed by atoms with van der Waals surface area (Å²) >= 11 is 0. The third-order valence-corrected chi connectivity index (χ3v) is 1.76. The van der Waals surface area contributed by atoms with E-state index in [9.17, 15) is 4.79 Å². The number of aromatic amines is 1. The Morgan fingerprint density at radius 2 is 2.38 bits per heavy atom. The first-order chi connectivity index (χ1) is 6.24. The lowest BCUT2D eigenvalue weighted by Crippen LogP contribution is -2.28. The average Bonchev–Trinajstić information content (AvgIpc) is 2.53. The van der Waals surface area contributed by atoms with Crippen molar-refractivity contribution in [2.45, 2.75) is 6.92 Å². The summed E-state index contributed by atoms with van der Waals surface area (Å²) in [6.45, 7) is 1.68. The molecule has 2 aromatic heterocycles. The predicted molar refractivity (Wildman–Crippen MR) is 45.4 cm³/mol. The number of nitrogens with one attached hydrogen (secondary N) is 1. The molecule has 1 N–H and O–H groups in total. The van der Waals surface area contributed by atoms with Crippen LogP contribution in [0.25, 0.3) is 11.2 Å². The van der Waals surface area contributed by atoms with Crippen LogP contribution >= 0.6 is 0 Å². The van der Waals surface area contributed by atoms with E-state index in [-0.39, 0.29) is 5.56 Å². The zero-order valence-electron chi connectivity index (χ0n) is 7.24. The summed E-state index contributed by atoms with van der Waals surface area (Å²) in [6.07, 6.45) is 1.43. The number of H-pyrrole nitrogens is 1. The summed E-state index contributed by atoms with van der Waals surface area (Å²) in [7, 11) is 1.41. The minimum absolute atomic E-state index is 0.275. The van der Waals surface area contributed by atoms with Crippen molar-refractivity contribution < 1.29 is 4.84 Å². The molecule has 0 atom stereocenters. The summed E-state index contributed by atoms with van der Waals surface area (Å²) < 4.78 is 1.11. The average molecular weight is 180 g/mol. The second-order valence-electron chi connectivity index (χ2n) is 2.54. The highest BCUT2D eigenvalue weighted by atomic mass is 16.7. The molecule has 0 saturated carbocycles. The Balaban J connectivity index is 2.93. The SMILES string of the molecule is COn1c(C)nc2nc[nH]c2c1=O. The van der Waals surface area contributed by atoms with Crippen LogP contribution < -0.4 is 10.4 Å². The highest BCUT2D eigenvalue weighted by Crippen LogP contribution is 1.99. The van der Waals surface area contributed by atoms with Crippen molar-refractivity contribution in [2.75, 3.05) is 7.11 Å². The van der Waals surface area contributed by atoms with Gasteiger partial charge in [0.05, 0.1) is 6.33 Å². The lowest BCUT2D eigenvalue weighted by Gasteiger charge is -2.04. The first kappa shape index (κ1) is 7.78. The van der Waals surface area contributed by atoms with E-state index < -0.39 is 0 Å². The number of aromatic nitrogens is 4. The Morgan fingerprint density at radius 3 is 3.08 bits per heavy atom. The van der Waals surface area contributed by atoms with Crippen LogP contribution in [0.4, 0.5) is 0 Å². The van der Waals surface area contributed by atoms with Crippen LogP contribution in [0.15, 0.2) is 11.1 Å². The molecule has 0 fully saturated rings. The zero-order valence-corrected chi connectivity index (χ0v) is 7.24. The lowest BCUT2D eigenvalue weighted by molar-refractivity contribution is 0.149. The van der Waals surface area contributed by atoms with Gasteiger partial charge in [-0.15, -0.1) is 4.73 Å². The van der Waals surface area contributed by atoms with Crippen LogP contribution in [0.5, 0.6) is 0 Å². The van der Waals surface area contributed by atoms with E-state index in [0.29, 0.717) is 17.0 Å². The summed E-state index contributed by atoms with van der Waals surface area (Å²) in [5.41, 5.74) is 0.491. The first-order valence-corrected chi connectivity index (χ1v) is 3.71. The van der Waals surface area contributed by atoms with Crippen molar-refractivity contribution in [2.24, 2.45) is 0 Å². The Kier molecular flexibility index (Phi) is 1.54.